The number of nitrogens with zero attached hydrogens (tertiary/aromatic N) is 3. The number of rotatable bonds is 4. The predicted molar refractivity (Wildman–Crippen MR) is 131 cm³/mol. The molecule has 0 unspecified atom stereocenters. The number of carbonyl (C=O) groups excluding carboxylic acids is 1. The van der Waals surface area contributed by atoms with E-state index < -0.39 is 23.8 Å². The average molecular weight is 526 g/mol. The lowest BCUT2D eigenvalue weighted by Gasteiger charge is -2.37. The van der Waals surface area contributed by atoms with Crippen LogP contribution in [0, 0.1) is 12.8 Å². The second-order valence-electron chi connectivity index (χ2n) is 8.99. The number of piperidine rings is 1. The molecule has 0 spiro atoms. The molecule has 3 aromatic rings. The van der Waals surface area contributed by atoms with Crippen LogP contribution < -0.4 is 0 Å². The van der Waals surface area contributed by atoms with Gasteiger partial charge in [-0.2, -0.15) is 13.2 Å². The van der Waals surface area contributed by atoms with E-state index in [1.807, 2.05) is 11.8 Å². The van der Waals surface area contributed by atoms with Gasteiger partial charge in [-0.05, 0) is 49.1 Å². The third-order valence-corrected chi connectivity index (χ3v) is 7.31. The third-order valence-electron chi connectivity index (χ3n) is 6.60. The third kappa shape index (κ3) is 4.55. The van der Waals surface area contributed by atoms with Gasteiger partial charge in [0.2, 0.25) is 5.78 Å². The molecule has 1 aliphatic rings. The molecule has 1 aromatic carbocycles. The number of aromatic nitrogens is 2. The Hall–Kier alpha value is -2.55. The number of carbonyl (C=O) groups is 1. The zero-order valence-electron chi connectivity index (χ0n) is 19.4. The fraction of sp³-hybridized carbons (Fsp3) is 0.360. The Morgan fingerprint density at radius 1 is 1.26 bits per heavy atom. The highest BCUT2D eigenvalue weighted by molar-refractivity contribution is 6.42. The van der Waals surface area contributed by atoms with Crippen LogP contribution in [0.15, 0.2) is 30.8 Å². The smallest absolute Gasteiger partial charge is 0.393 e. The largest absolute Gasteiger partial charge is 0.433 e. The van der Waals surface area contributed by atoms with E-state index in [0.717, 1.165) is 6.07 Å². The predicted octanol–water partition coefficient (Wildman–Crippen LogP) is 6.11. The van der Waals surface area contributed by atoms with Crippen LogP contribution in [0.3, 0.4) is 0 Å². The Balaban J connectivity index is 1.77. The molecular formula is C25H24Cl2F3N3O2. The monoisotopic (exact) mass is 525 g/mol. The molecule has 1 saturated heterocycles. The van der Waals surface area contributed by atoms with E-state index >= 15 is 0 Å². The van der Waals surface area contributed by atoms with Crippen molar-refractivity contribution >= 4 is 45.7 Å². The maximum atomic E-state index is 13.6. The molecule has 35 heavy (non-hydrogen) atoms. The molecule has 5 nitrogen and oxygen atoms in total. The van der Waals surface area contributed by atoms with Crippen LogP contribution in [0.4, 0.5) is 13.2 Å². The number of aliphatic hydroxyl groups is 1. The first kappa shape index (κ1) is 25.5. The van der Waals surface area contributed by atoms with Crippen LogP contribution in [0.2, 0.25) is 10.0 Å². The highest BCUT2D eigenvalue weighted by atomic mass is 35.5. The fourth-order valence-electron chi connectivity index (χ4n) is 4.47. The minimum atomic E-state index is -4.61. The number of ketones is 1. The molecule has 1 fully saturated rings. The number of alkyl halides is 3. The van der Waals surface area contributed by atoms with Crippen LogP contribution in [-0.2, 0) is 13.2 Å². The van der Waals surface area contributed by atoms with Crippen LogP contribution in [0.1, 0.15) is 46.2 Å². The SMILES string of the molecule is C=C(c1ccc(Cl)c(C(=O)c2cc3c(C)cc(C(F)(F)F)nc3n2C)c1Cl)N1CC[C@@H](O)[C@H](C)C1. The maximum Gasteiger partial charge on any atom is 0.433 e. The number of aryl methyl sites for hydroxylation is 2. The van der Waals surface area contributed by atoms with Gasteiger partial charge in [0.15, 0.2) is 0 Å². The van der Waals surface area contributed by atoms with Gasteiger partial charge in [0.05, 0.1) is 27.4 Å². The highest BCUT2D eigenvalue weighted by Gasteiger charge is 2.34. The molecule has 10 heteroatoms. The number of halogens is 5. The fourth-order valence-corrected chi connectivity index (χ4v) is 5.12. The summed E-state index contributed by atoms with van der Waals surface area (Å²) in [7, 11) is 1.48. The second-order valence-corrected chi connectivity index (χ2v) is 9.77. The molecule has 1 N–H and O–H groups in total. The van der Waals surface area contributed by atoms with Gasteiger partial charge in [0, 0.05) is 36.8 Å². The Morgan fingerprint density at radius 3 is 2.57 bits per heavy atom. The lowest BCUT2D eigenvalue weighted by Crippen LogP contribution is -2.40. The van der Waals surface area contributed by atoms with E-state index in [0.29, 0.717) is 41.7 Å². The molecule has 1 aliphatic heterocycles. The van der Waals surface area contributed by atoms with Crippen molar-refractivity contribution in [1.82, 2.24) is 14.5 Å². The molecule has 4 rings (SSSR count). The van der Waals surface area contributed by atoms with Crippen LogP contribution in [0.5, 0.6) is 0 Å². The molecule has 186 valence electrons. The van der Waals surface area contributed by atoms with Crippen molar-refractivity contribution in [3.8, 4) is 0 Å². The molecule has 0 bridgehead atoms. The highest BCUT2D eigenvalue weighted by Crippen LogP contribution is 2.37. The standard InChI is InChI=1S/C25H24Cl2F3N3O2/c1-12-9-20(25(28,29)30)31-24-16(12)10-18(32(24)4)23(35)21-17(26)6-5-15(22(21)27)14(3)33-8-7-19(34)13(2)11-33/h5-6,9-10,13,19,34H,3,7-8,11H2,1-2,4H3/t13-,19-/m1/s1. The normalized spacial score (nSPS) is 18.8. The van der Waals surface area contributed by atoms with E-state index in [4.69, 9.17) is 23.2 Å². The average Bonchev–Trinajstić information content (AvgIpc) is 3.12. The Kier molecular flexibility index (Phi) is 6.68. The summed E-state index contributed by atoms with van der Waals surface area (Å²) in [6.45, 7) is 8.80. The minimum Gasteiger partial charge on any atom is -0.393 e. The first-order chi connectivity index (χ1) is 16.3. The number of aliphatic hydroxyl groups excluding tert-OH is 1. The van der Waals surface area contributed by atoms with Crippen molar-refractivity contribution < 1.29 is 23.1 Å². The summed E-state index contributed by atoms with van der Waals surface area (Å²) in [6, 6.07) is 5.69. The molecule has 3 heterocycles. The Morgan fingerprint density at radius 2 is 1.94 bits per heavy atom. The topological polar surface area (TPSA) is 58.4 Å². The molecule has 2 atom stereocenters. The van der Waals surface area contributed by atoms with Crippen molar-refractivity contribution in [3.05, 3.63) is 69.0 Å². The first-order valence-electron chi connectivity index (χ1n) is 11.0. The summed E-state index contributed by atoms with van der Waals surface area (Å²) in [6.07, 6.45) is -4.42. The van der Waals surface area contributed by atoms with Gasteiger partial charge in [-0.1, -0.05) is 36.7 Å². The quantitative estimate of drug-likeness (QED) is 0.417. The summed E-state index contributed by atoms with van der Waals surface area (Å²) in [5.41, 5.74) is 0.622. The number of hydrogen-bond acceptors (Lipinski definition) is 4. The number of benzene rings is 1. The van der Waals surface area contributed by atoms with Crippen LogP contribution in [-0.4, -0.2) is 44.5 Å². The van der Waals surface area contributed by atoms with Gasteiger partial charge in [0.25, 0.3) is 0 Å². The zero-order chi connectivity index (χ0) is 25.8. The van der Waals surface area contributed by atoms with Gasteiger partial charge in [0.1, 0.15) is 11.3 Å². The van der Waals surface area contributed by atoms with Crippen LogP contribution in [0.25, 0.3) is 16.7 Å². The molecule has 0 amide bonds. The number of likely N-dealkylation sites (tertiary alicyclic amines) is 1. The minimum absolute atomic E-state index is 0.0364. The van der Waals surface area contributed by atoms with Gasteiger partial charge in [-0.3, -0.25) is 4.79 Å². The summed E-state index contributed by atoms with van der Waals surface area (Å²) >= 11 is 13.1. The van der Waals surface area contributed by atoms with E-state index in [1.54, 1.807) is 12.1 Å². The maximum absolute atomic E-state index is 13.6. The molecule has 0 saturated carbocycles. The van der Waals surface area contributed by atoms with E-state index in [9.17, 15) is 23.1 Å². The second kappa shape index (κ2) is 9.15. The van der Waals surface area contributed by atoms with E-state index in [1.165, 1.54) is 24.6 Å². The number of fused-ring (bicyclic) bond motifs is 1. The van der Waals surface area contributed by atoms with Gasteiger partial charge < -0.3 is 14.6 Å². The Bertz CT molecular complexity index is 1350. The van der Waals surface area contributed by atoms with E-state index in [-0.39, 0.29) is 32.9 Å². The van der Waals surface area contributed by atoms with Gasteiger partial charge in [-0.25, -0.2) is 4.98 Å². The van der Waals surface area contributed by atoms with Gasteiger partial charge >= 0.3 is 6.18 Å². The van der Waals surface area contributed by atoms with Crippen molar-refractivity contribution in [2.75, 3.05) is 13.1 Å². The molecule has 0 radical (unpaired) electrons. The molecule has 2 aromatic heterocycles. The lowest BCUT2D eigenvalue weighted by molar-refractivity contribution is -0.141. The lowest BCUT2D eigenvalue weighted by atomic mass is 9.95. The van der Waals surface area contributed by atoms with Crippen molar-refractivity contribution in [2.45, 2.75) is 32.5 Å². The van der Waals surface area contributed by atoms with Crippen molar-refractivity contribution in [3.63, 3.8) is 0 Å². The Labute approximate surface area is 210 Å². The van der Waals surface area contributed by atoms with E-state index in [2.05, 4.69) is 11.6 Å². The van der Waals surface area contributed by atoms with Crippen LogP contribution >= 0.6 is 23.2 Å². The first-order valence-corrected chi connectivity index (χ1v) is 11.8. The summed E-state index contributed by atoms with van der Waals surface area (Å²) in [5.74, 6) is -0.494. The number of hydrogen-bond donors (Lipinski definition) is 1. The van der Waals surface area contributed by atoms with Gasteiger partial charge in [-0.15, -0.1) is 0 Å². The van der Waals surface area contributed by atoms with Crippen molar-refractivity contribution in [2.24, 2.45) is 13.0 Å². The summed E-state index contributed by atoms with van der Waals surface area (Å²) < 4.78 is 41.2. The summed E-state index contributed by atoms with van der Waals surface area (Å²) in [5, 5.41) is 10.7. The zero-order valence-corrected chi connectivity index (χ0v) is 20.9. The molecule has 0 aliphatic carbocycles. The number of pyridine rings is 1. The van der Waals surface area contributed by atoms with Crippen molar-refractivity contribution in [1.29, 1.82) is 0 Å². The summed E-state index contributed by atoms with van der Waals surface area (Å²) in [4.78, 5) is 19.4. The molecular weight excluding hydrogens is 502 g/mol.